The van der Waals surface area contributed by atoms with E-state index >= 15 is 0 Å². The van der Waals surface area contributed by atoms with Crippen molar-refractivity contribution in [1.29, 1.82) is 0 Å². The van der Waals surface area contributed by atoms with Gasteiger partial charge in [0.25, 0.3) is 0 Å². The fraction of sp³-hybridized carbons (Fsp3) is 0.667. The third-order valence-electron chi connectivity index (χ3n) is 3.07. The molecule has 0 aliphatic heterocycles. The molecule has 0 amide bonds. The van der Waals surface area contributed by atoms with E-state index in [-0.39, 0.29) is 17.2 Å². The zero-order valence-corrected chi connectivity index (χ0v) is 13.3. The van der Waals surface area contributed by atoms with Crippen LogP contribution < -0.4 is 5.32 Å². The van der Waals surface area contributed by atoms with Crippen molar-refractivity contribution >= 4 is 5.97 Å². The number of carbonyl (C=O) groups excluding carboxylic acids is 1. The average Bonchev–Trinajstić information content (AvgIpc) is 2.83. The summed E-state index contributed by atoms with van der Waals surface area (Å²) in [4.78, 5) is 13.5. The fourth-order valence-electron chi connectivity index (χ4n) is 2.24. The Morgan fingerprint density at radius 3 is 2.65 bits per heavy atom. The molecule has 0 saturated heterocycles. The zero-order valence-electron chi connectivity index (χ0n) is 13.3. The quantitative estimate of drug-likeness (QED) is 0.778. The highest BCUT2D eigenvalue weighted by Gasteiger charge is 2.21. The van der Waals surface area contributed by atoms with Gasteiger partial charge in [0.1, 0.15) is 5.76 Å². The molecule has 5 nitrogen and oxygen atoms in total. The lowest BCUT2D eigenvalue weighted by Gasteiger charge is -2.29. The van der Waals surface area contributed by atoms with Crippen molar-refractivity contribution in [2.45, 2.75) is 26.8 Å². The number of nitrogens with one attached hydrogen (secondary N) is 1. The van der Waals surface area contributed by atoms with Crippen LogP contribution in [0.2, 0.25) is 0 Å². The maximum atomic E-state index is 11.3. The second kappa shape index (κ2) is 6.90. The Balaban J connectivity index is 2.56. The lowest BCUT2D eigenvalue weighted by molar-refractivity contribution is 0.0562. The summed E-state index contributed by atoms with van der Waals surface area (Å²) in [7, 11) is 5.48. The van der Waals surface area contributed by atoms with Crippen molar-refractivity contribution in [1.82, 2.24) is 10.2 Å². The van der Waals surface area contributed by atoms with Crippen LogP contribution in [0.15, 0.2) is 16.5 Å². The van der Waals surface area contributed by atoms with Gasteiger partial charge in [0.2, 0.25) is 5.76 Å². The number of nitrogens with zero attached hydrogens (tertiary/aromatic N) is 1. The summed E-state index contributed by atoms with van der Waals surface area (Å²) < 4.78 is 10.1. The van der Waals surface area contributed by atoms with Gasteiger partial charge in [-0.05, 0) is 38.6 Å². The number of hydrogen-bond acceptors (Lipinski definition) is 5. The van der Waals surface area contributed by atoms with E-state index in [4.69, 9.17) is 4.42 Å². The number of methoxy groups -OCH3 is 1. The van der Waals surface area contributed by atoms with E-state index in [0.717, 1.165) is 18.8 Å². The van der Waals surface area contributed by atoms with Crippen molar-refractivity contribution in [3.63, 3.8) is 0 Å². The molecule has 5 heteroatoms. The molecule has 0 aromatic carbocycles. The standard InChI is InChI=1S/C15H26N2O3/c1-11(16-9-15(2,3)10-17(4)5)12-7-8-13(20-12)14(18)19-6/h7-8,11,16H,9-10H2,1-6H3. The van der Waals surface area contributed by atoms with Gasteiger partial charge in [-0.15, -0.1) is 0 Å². The Kier molecular flexibility index (Phi) is 5.77. The van der Waals surface area contributed by atoms with Gasteiger partial charge in [0, 0.05) is 13.1 Å². The molecule has 1 unspecified atom stereocenters. The maximum absolute atomic E-state index is 11.3. The first-order chi connectivity index (χ1) is 9.25. The van der Waals surface area contributed by atoms with Crippen LogP contribution in [0, 0.1) is 5.41 Å². The van der Waals surface area contributed by atoms with Crippen molar-refractivity contribution in [3.05, 3.63) is 23.7 Å². The van der Waals surface area contributed by atoms with Gasteiger partial charge in [0.15, 0.2) is 0 Å². The molecule has 0 aliphatic carbocycles. The normalized spacial score (nSPS) is 13.6. The molecule has 0 fully saturated rings. The minimum atomic E-state index is -0.448. The molecule has 0 saturated carbocycles. The Morgan fingerprint density at radius 1 is 1.45 bits per heavy atom. The average molecular weight is 282 g/mol. The van der Waals surface area contributed by atoms with Crippen molar-refractivity contribution in [2.75, 3.05) is 34.3 Å². The molecule has 1 heterocycles. The highest BCUT2D eigenvalue weighted by atomic mass is 16.5. The second-order valence-electron chi connectivity index (χ2n) is 6.20. The predicted octanol–water partition coefficient (Wildman–Crippen LogP) is 2.30. The van der Waals surface area contributed by atoms with Gasteiger partial charge in [0.05, 0.1) is 13.2 Å². The van der Waals surface area contributed by atoms with Gasteiger partial charge in [-0.3, -0.25) is 0 Å². The zero-order chi connectivity index (χ0) is 15.3. The summed E-state index contributed by atoms with van der Waals surface area (Å²) in [6.07, 6.45) is 0. The summed E-state index contributed by atoms with van der Waals surface area (Å²) in [6.45, 7) is 8.31. The van der Waals surface area contributed by atoms with E-state index in [9.17, 15) is 4.79 Å². The number of esters is 1. The fourth-order valence-corrected chi connectivity index (χ4v) is 2.24. The van der Waals surface area contributed by atoms with Crippen LogP contribution in [0.5, 0.6) is 0 Å². The molecule has 1 aromatic heterocycles. The first-order valence-corrected chi connectivity index (χ1v) is 6.81. The van der Waals surface area contributed by atoms with Crippen LogP contribution in [-0.4, -0.2) is 45.2 Å². The first-order valence-electron chi connectivity index (χ1n) is 6.81. The molecule has 1 aromatic rings. The summed E-state index contributed by atoms with van der Waals surface area (Å²) in [5.74, 6) is 0.533. The Hall–Kier alpha value is -1.33. The van der Waals surface area contributed by atoms with Crippen LogP contribution in [0.3, 0.4) is 0 Å². The summed E-state index contributed by atoms with van der Waals surface area (Å²) in [6, 6.07) is 3.50. The highest BCUT2D eigenvalue weighted by molar-refractivity contribution is 5.86. The monoisotopic (exact) mass is 282 g/mol. The Labute approximate surface area is 121 Å². The molecular formula is C15H26N2O3. The molecular weight excluding hydrogens is 256 g/mol. The van der Waals surface area contributed by atoms with E-state index in [1.165, 1.54) is 7.11 Å². The number of furan rings is 1. The molecule has 0 spiro atoms. The largest absolute Gasteiger partial charge is 0.463 e. The molecule has 114 valence electrons. The van der Waals surface area contributed by atoms with E-state index < -0.39 is 5.97 Å². The molecule has 0 aliphatic rings. The van der Waals surface area contributed by atoms with Crippen LogP contribution in [0.1, 0.15) is 43.1 Å². The van der Waals surface area contributed by atoms with Gasteiger partial charge in [-0.25, -0.2) is 4.79 Å². The number of ether oxygens (including phenoxy) is 1. The number of carbonyl (C=O) groups is 1. The molecule has 1 atom stereocenters. The van der Waals surface area contributed by atoms with Gasteiger partial charge in [-0.1, -0.05) is 13.8 Å². The minimum Gasteiger partial charge on any atom is -0.463 e. The van der Waals surface area contributed by atoms with Crippen LogP contribution in [0.4, 0.5) is 0 Å². The van der Waals surface area contributed by atoms with Crippen molar-refractivity contribution in [2.24, 2.45) is 5.41 Å². The van der Waals surface area contributed by atoms with Crippen LogP contribution >= 0.6 is 0 Å². The van der Waals surface area contributed by atoms with Crippen molar-refractivity contribution < 1.29 is 13.9 Å². The highest BCUT2D eigenvalue weighted by Crippen LogP contribution is 2.20. The molecule has 0 radical (unpaired) electrons. The van der Waals surface area contributed by atoms with Crippen molar-refractivity contribution in [3.8, 4) is 0 Å². The number of hydrogen-bond donors (Lipinski definition) is 1. The second-order valence-corrected chi connectivity index (χ2v) is 6.20. The molecule has 0 bridgehead atoms. The third kappa shape index (κ3) is 4.98. The minimum absolute atomic E-state index is 0.0508. The SMILES string of the molecule is COC(=O)c1ccc(C(C)NCC(C)(C)CN(C)C)o1. The van der Waals surface area contributed by atoms with E-state index in [1.807, 2.05) is 13.0 Å². The molecule has 1 N–H and O–H groups in total. The summed E-state index contributed by atoms with van der Waals surface area (Å²) in [5, 5.41) is 3.44. The van der Waals surface area contributed by atoms with E-state index in [0.29, 0.717) is 0 Å². The molecule has 20 heavy (non-hydrogen) atoms. The topological polar surface area (TPSA) is 54.7 Å². The first kappa shape index (κ1) is 16.7. The van der Waals surface area contributed by atoms with E-state index in [1.54, 1.807) is 6.07 Å². The third-order valence-corrected chi connectivity index (χ3v) is 3.07. The lowest BCUT2D eigenvalue weighted by atomic mass is 9.92. The molecule has 1 rings (SSSR count). The van der Waals surface area contributed by atoms with Gasteiger partial charge >= 0.3 is 5.97 Å². The van der Waals surface area contributed by atoms with E-state index in [2.05, 4.69) is 42.9 Å². The lowest BCUT2D eigenvalue weighted by Crippen LogP contribution is -2.38. The van der Waals surface area contributed by atoms with Crippen LogP contribution in [-0.2, 0) is 4.74 Å². The van der Waals surface area contributed by atoms with Gasteiger partial charge in [-0.2, -0.15) is 0 Å². The number of rotatable bonds is 7. The Morgan fingerprint density at radius 2 is 2.10 bits per heavy atom. The summed E-state index contributed by atoms with van der Waals surface area (Å²) in [5.41, 5.74) is 0.162. The maximum Gasteiger partial charge on any atom is 0.373 e. The summed E-state index contributed by atoms with van der Waals surface area (Å²) >= 11 is 0. The van der Waals surface area contributed by atoms with Gasteiger partial charge < -0.3 is 19.4 Å². The predicted molar refractivity (Wildman–Crippen MR) is 78.8 cm³/mol. The Bertz CT molecular complexity index is 438. The smallest absolute Gasteiger partial charge is 0.373 e. The van der Waals surface area contributed by atoms with Crippen LogP contribution in [0.25, 0.3) is 0 Å².